The molecule has 0 radical (unpaired) electrons. The Bertz CT molecular complexity index is 790. The Morgan fingerprint density at radius 1 is 0.960 bits per heavy atom. The Morgan fingerprint density at radius 3 is 2.04 bits per heavy atom. The van der Waals surface area contributed by atoms with Gasteiger partial charge in [0.25, 0.3) is 0 Å². The molecule has 0 fully saturated rings. The zero-order valence-corrected chi connectivity index (χ0v) is 13.1. The van der Waals surface area contributed by atoms with Gasteiger partial charge in [-0.25, -0.2) is 26.7 Å². The zero-order chi connectivity index (χ0) is 18.6. The minimum atomic E-state index is -1.70. The summed E-state index contributed by atoms with van der Waals surface area (Å²) in [4.78, 5) is 11.8. The van der Waals surface area contributed by atoms with Crippen LogP contribution in [-0.4, -0.2) is 5.97 Å². The van der Waals surface area contributed by atoms with Gasteiger partial charge in [-0.15, -0.1) is 0 Å². The van der Waals surface area contributed by atoms with Crippen molar-refractivity contribution in [1.82, 2.24) is 0 Å². The van der Waals surface area contributed by atoms with Crippen LogP contribution in [0.1, 0.15) is 35.7 Å². The van der Waals surface area contributed by atoms with Crippen LogP contribution < -0.4 is 4.74 Å². The first-order chi connectivity index (χ1) is 11.8. The average molecular weight is 356 g/mol. The average Bonchev–Trinajstić information content (AvgIpc) is 2.59. The van der Waals surface area contributed by atoms with E-state index in [9.17, 15) is 26.7 Å². The number of carbonyl (C=O) groups excluding carboxylic acids is 1. The highest BCUT2D eigenvalue weighted by atomic mass is 19.2. The van der Waals surface area contributed by atoms with Crippen LogP contribution in [0.4, 0.5) is 22.0 Å². The van der Waals surface area contributed by atoms with Gasteiger partial charge in [-0.05, 0) is 42.8 Å². The summed E-state index contributed by atoms with van der Waals surface area (Å²) in [7, 11) is 0. The van der Waals surface area contributed by atoms with E-state index in [-0.39, 0.29) is 17.7 Å². The maximum absolute atomic E-state index is 13.8. The molecular weight excluding hydrogens is 343 g/mol. The predicted molar refractivity (Wildman–Crippen MR) is 81.8 cm³/mol. The SMILES string of the molecule is CCCC(F)=C(F)c1ccc(OC(=O)c2cc(F)c(F)c(F)c2)cc1. The van der Waals surface area contributed by atoms with Crippen LogP contribution in [0, 0.1) is 17.5 Å². The van der Waals surface area contributed by atoms with E-state index >= 15 is 0 Å². The number of allylic oxidation sites excluding steroid dienone is 1. The van der Waals surface area contributed by atoms with Gasteiger partial charge in [0.05, 0.1) is 5.56 Å². The van der Waals surface area contributed by atoms with Gasteiger partial charge in [0.15, 0.2) is 23.3 Å². The normalized spacial score (nSPS) is 11.9. The Morgan fingerprint density at radius 2 is 1.52 bits per heavy atom. The van der Waals surface area contributed by atoms with Crippen LogP contribution in [0.2, 0.25) is 0 Å². The Balaban J connectivity index is 2.16. The molecular formula is C18H13F5O2. The van der Waals surface area contributed by atoms with Gasteiger partial charge in [-0.2, -0.15) is 0 Å². The first-order valence-electron chi connectivity index (χ1n) is 7.34. The number of hydrogen-bond acceptors (Lipinski definition) is 2. The summed E-state index contributed by atoms with van der Waals surface area (Å²) < 4.78 is 71.2. The van der Waals surface area contributed by atoms with Crippen molar-refractivity contribution >= 4 is 11.8 Å². The van der Waals surface area contributed by atoms with Crippen molar-refractivity contribution in [3.63, 3.8) is 0 Å². The lowest BCUT2D eigenvalue weighted by Crippen LogP contribution is -2.10. The summed E-state index contributed by atoms with van der Waals surface area (Å²) in [6, 6.07) is 5.78. The van der Waals surface area contributed by atoms with Gasteiger partial charge < -0.3 is 4.74 Å². The second kappa shape index (κ2) is 7.92. The van der Waals surface area contributed by atoms with Crippen molar-refractivity contribution in [2.45, 2.75) is 19.8 Å². The van der Waals surface area contributed by atoms with Gasteiger partial charge >= 0.3 is 5.97 Å². The molecule has 0 atom stereocenters. The number of halogens is 5. The van der Waals surface area contributed by atoms with E-state index < -0.39 is 40.6 Å². The van der Waals surface area contributed by atoms with Gasteiger partial charge in [-0.1, -0.05) is 6.92 Å². The number of carbonyl (C=O) groups is 1. The molecule has 25 heavy (non-hydrogen) atoms. The minimum absolute atomic E-state index is 0.0374. The molecule has 0 aromatic heterocycles. The van der Waals surface area contributed by atoms with Gasteiger partial charge in [0, 0.05) is 12.0 Å². The third kappa shape index (κ3) is 4.43. The largest absolute Gasteiger partial charge is 0.423 e. The van der Waals surface area contributed by atoms with Gasteiger partial charge in [-0.3, -0.25) is 0 Å². The van der Waals surface area contributed by atoms with Crippen LogP contribution >= 0.6 is 0 Å². The zero-order valence-electron chi connectivity index (χ0n) is 13.1. The van der Waals surface area contributed by atoms with E-state index in [0.717, 1.165) is 0 Å². The van der Waals surface area contributed by atoms with Crippen molar-refractivity contribution in [2.75, 3.05) is 0 Å². The molecule has 0 heterocycles. The highest BCUT2D eigenvalue weighted by Crippen LogP contribution is 2.26. The van der Waals surface area contributed by atoms with Crippen molar-refractivity contribution in [1.29, 1.82) is 0 Å². The lowest BCUT2D eigenvalue weighted by atomic mass is 10.1. The number of ether oxygens (including phenoxy) is 1. The molecule has 2 aromatic rings. The monoisotopic (exact) mass is 356 g/mol. The third-order valence-electron chi connectivity index (χ3n) is 3.25. The number of benzene rings is 2. The van der Waals surface area contributed by atoms with Crippen LogP contribution in [-0.2, 0) is 0 Å². The fraction of sp³-hybridized carbons (Fsp3) is 0.167. The van der Waals surface area contributed by atoms with Crippen molar-refractivity contribution in [3.8, 4) is 5.75 Å². The summed E-state index contributed by atoms with van der Waals surface area (Å²) in [5.41, 5.74) is -0.565. The molecule has 0 aliphatic carbocycles. The fourth-order valence-corrected chi connectivity index (χ4v) is 1.99. The smallest absolute Gasteiger partial charge is 0.343 e. The first kappa shape index (κ1) is 18.6. The van der Waals surface area contributed by atoms with Crippen LogP contribution in [0.3, 0.4) is 0 Å². The van der Waals surface area contributed by atoms with Gasteiger partial charge in [0.2, 0.25) is 0 Å². The van der Waals surface area contributed by atoms with Crippen molar-refractivity contribution in [2.24, 2.45) is 0 Å². The molecule has 0 saturated heterocycles. The van der Waals surface area contributed by atoms with E-state index in [1.807, 2.05) is 0 Å². The standard InChI is InChI=1S/C18H13F5O2/c1-2-3-13(19)16(22)10-4-6-12(7-5-10)25-18(24)11-8-14(20)17(23)15(21)9-11/h4-9H,2-3H2,1H3. The Kier molecular flexibility index (Phi) is 5.90. The number of rotatable bonds is 5. The molecule has 0 saturated carbocycles. The van der Waals surface area contributed by atoms with Crippen LogP contribution in [0.15, 0.2) is 42.2 Å². The van der Waals surface area contributed by atoms with E-state index in [2.05, 4.69) is 0 Å². The van der Waals surface area contributed by atoms with Crippen LogP contribution in [0.25, 0.3) is 5.83 Å². The van der Waals surface area contributed by atoms with Crippen molar-refractivity contribution in [3.05, 3.63) is 70.8 Å². The molecule has 0 spiro atoms. The quantitative estimate of drug-likeness (QED) is 0.296. The summed E-state index contributed by atoms with van der Waals surface area (Å²) in [5.74, 6) is -7.83. The summed E-state index contributed by atoms with van der Waals surface area (Å²) in [6.07, 6.45) is 0.407. The summed E-state index contributed by atoms with van der Waals surface area (Å²) in [5, 5.41) is 0. The second-order valence-corrected chi connectivity index (χ2v) is 5.14. The lowest BCUT2D eigenvalue weighted by Gasteiger charge is -2.06. The number of hydrogen-bond donors (Lipinski definition) is 0. The first-order valence-corrected chi connectivity index (χ1v) is 7.34. The van der Waals surface area contributed by atoms with E-state index in [4.69, 9.17) is 4.74 Å². The number of esters is 1. The maximum Gasteiger partial charge on any atom is 0.343 e. The molecule has 0 aliphatic rings. The van der Waals surface area contributed by atoms with E-state index in [0.29, 0.717) is 18.6 Å². The molecule has 0 amide bonds. The molecule has 2 nitrogen and oxygen atoms in total. The Labute approximate surface area is 140 Å². The lowest BCUT2D eigenvalue weighted by molar-refractivity contribution is 0.0733. The third-order valence-corrected chi connectivity index (χ3v) is 3.25. The Hall–Kier alpha value is -2.70. The molecule has 0 unspecified atom stereocenters. The van der Waals surface area contributed by atoms with Crippen LogP contribution in [0.5, 0.6) is 5.75 Å². The van der Waals surface area contributed by atoms with E-state index in [1.165, 1.54) is 24.3 Å². The molecule has 7 heteroatoms. The second-order valence-electron chi connectivity index (χ2n) is 5.14. The summed E-state index contributed by atoms with van der Waals surface area (Å²) >= 11 is 0. The predicted octanol–water partition coefficient (Wildman–Crippen LogP) is 5.73. The maximum atomic E-state index is 13.8. The molecule has 0 bridgehead atoms. The topological polar surface area (TPSA) is 26.3 Å². The minimum Gasteiger partial charge on any atom is -0.423 e. The van der Waals surface area contributed by atoms with Gasteiger partial charge in [0.1, 0.15) is 11.6 Å². The molecule has 0 N–H and O–H groups in total. The van der Waals surface area contributed by atoms with Crippen molar-refractivity contribution < 1.29 is 31.5 Å². The molecule has 132 valence electrons. The summed E-state index contributed by atoms with van der Waals surface area (Å²) in [6.45, 7) is 1.70. The fourth-order valence-electron chi connectivity index (χ4n) is 1.99. The highest BCUT2D eigenvalue weighted by Gasteiger charge is 2.17. The molecule has 2 rings (SSSR count). The molecule has 2 aromatic carbocycles. The van der Waals surface area contributed by atoms with E-state index in [1.54, 1.807) is 6.92 Å². The molecule has 0 aliphatic heterocycles. The highest BCUT2D eigenvalue weighted by molar-refractivity contribution is 5.91.